The number of hydrogen-bond acceptors (Lipinski definition) is 2. The average Bonchev–Trinajstić information content (AvgIpc) is 2.85. The molecule has 2 rings (SSSR count). The highest BCUT2D eigenvalue weighted by Crippen LogP contribution is 2.48. The van der Waals surface area contributed by atoms with Crippen molar-refractivity contribution in [2.24, 2.45) is 17.1 Å². The van der Waals surface area contributed by atoms with Crippen LogP contribution in [0.25, 0.3) is 0 Å². The molecule has 2 fully saturated rings. The summed E-state index contributed by atoms with van der Waals surface area (Å²) in [5, 5.41) is 7.57. The number of guanidine groups is 1. The van der Waals surface area contributed by atoms with Crippen LogP contribution in [0, 0.1) is 16.7 Å². The molecule has 0 radical (unpaired) electrons. The molecule has 1 heterocycles. The van der Waals surface area contributed by atoms with Crippen LogP contribution in [0.15, 0.2) is 0 Å². The van der Waals surface area contributed by atoms with E-state index < -0.39 is 0 Å². The summed E-state index contributed by atoms with van der Waals surface area (Å²) in [4.78, 5) is 2.02. The van der Waals surface area contributed by atoms with Gasteiger partial charge in [0, 0.05) is 25.6 Å². The van der Waals surface area contributed by atoms with Crippen molar-refractivity contribution in [1.82, 2.24) is 4.90 Å². The molecule has 0 unspecified atom stereocenters. The van der Waals surface area contributed by atoms with Gasteiger partial charge in [0.15, 0.2) is 5.96 Å². The first kappa shape index (κ1) is 11.7. The van der Waals surface area contributed by atoms with Crippen LogP contribution >= 0.6 is 0 Å². The van der Waals surface area contributed by atoms with Crippen LogP contribution in [-0.2, 0) is 4.74 Å². The molecule has 2 aliphatic rings. The third kappa shape index (κ3) is 2.03. The number of nitrogens with zero attached hydrogens (tertiary/aromatic N) is 1. The summed E-state index contributed by atoms with van der Waals surface area (Å²) in [5.74, 6) is 0.795. The lowest BCUT2D eigenvalue weighted by Crippen LogP contribution is -2.35. The molecule has 1 saturated carbocycles. The van der Waals surface area contributed by atoms with E-state index in [-0.39, 0.29) is 5.96 Å². The highest BCUT2D eigenvalue weighted by atomic mass is 16.5. The summed E-state index contributed by atoms with van der Waals surface area (Å²) >= 11 is 0. The maximum absolute atomic E-state index is 7.57. The lowest BCUT2D eigenvalue weighted by Gasteiger charge is -2.29. The van der Waals surface area contributed by atoms with Crippen molar-refractivity contribution in [3.05, 3.63) is 0 Å². The fourth-order valence-corrected chi connectivity index (χ4v) is 3.35. The van der Waals surface area contributed by atoms with E-state index in [1.165, 1.54) is 25.7 Å². The Bertz CT molecular complexity index is 261. The Balaban J connectivity index is 2.04. The number of hydrogen-bond donors (Lipinski definition) is 2. The second-order valence-corrected chi connectivity index (χ2v) is 5.19. The van der Waals surface area contributed by atoms with E-state index in [0.29, 0.717) is 11.3 Å². The Morgan fingerprint density at radius 1 is 1.50 bits per heavy atom. The maximum atomic E-state index is 7.57. The van der Waals surface area contributed by atoms with Crippen molar-refractivity contribution in [3.8, 4) is 0 Å². The Morgan fingerprint density at radius 2 is 2.19 bits per heavy atom. The van der Waals surface area contributed by atoms with E-state index in [4.69, 9.17) is 15.9 Å². The number of nitrogens with one attached hydrogen (secondary N) is 1. The predicted octanol–water partition coefficient (Wildman–Crippen LogP) is 1.41. The maximum Gasteiger partial charge on any atom is 0.188 e. The van der Waals surface area contributed by atoms with Gasteiger partial charge in [0.05, 0.1) is 6.61 Å². The Hall–Kier alpha value is -0.770. The number of likely N-dealkylation sites (tertiary alicyclic amines) is 1. The molecule has 0 aromatic carbocycles. The molecule has 0 aromatic rings. The van der Waals surface area contributed by atoms with Gasteiger partial charge in [0.1, 0.15) is 0 Å². The molecule has 4 heteroatoms. The van der Waals surface area contributed by atoms with Gasteiger partial charge in [-0.3, -0.25) is 5.41 Å². The molecule has 92 valence electrons. The van der Waals surface area contributed by atoms with Crippen molar-refractivity contribution < 1.29 is 4.74 Å². The van der Waals surface area contributed by atoms with Crippen LogP contribution in [0.2, 0.25) is 0 Å². The minimum Gasteiger partial charge on any atom is -0.381 e. The molecule has 16 heavy (non-hydrogen) atoms. The van der Waals surface area contributed by atoms with Crippen LogP contribution in [0.1, 0.15) is 32.6 Å². The van der Waals surface area contributed by atoms with Gasteiger partial charge in [-0.1, -0.05) is 12.8 Å². The Kier molecular flexibility index (Phi) is 3.38. The van der Waals surface area contributed by atoms with E-state index >= 15 is 0 Å². The zero-order valence-electron chi connectivity index (χ0n) is 10.2. The fraction of sp³-hybridized carbons (Fsp3) is 0.917. The number of rotatable bonds is 3. The number of nitrogens with two attached hydrogens (primary N) is 1. The number of ether oxygens (including phenoxy) is 1. The lowest BCUT2D eigenvalue weighted by atomic mass is 9.77. The van der Waals surface area contributed by atoms with Crippen LogP contribution in [0.5, 0.6) is 0 Å². The molecular formula is C12H23N3O. The molecule has 1 aliphatic heterocycles. The van der Waals surface area contributed by atoms with E-state index in [0.717, 1.165) is 26.3 Å². The molecule has 1 aliphatic carbocycles. The summed E-state index contributed by atoms with van der Waals surface area (Å²) in [6.07, 6.45) is 5.23. The van der Waals surface area contributed by atoms with Crippen molar-refractivity contribution in [3.63, 3.8) is 0 Å². The van der Waals surface area contributed by atoms with Crippen LogP contribution < -0.4 is 5.73 Å². The smallest absolute Gasteiger partial charge is 0.188 e. The van der Waals surface area contributed by atoms with Gasteiger partial charge in [-0.15, -0.1) is 0 Å². The van der Waals surface area contributed by atoms with Gasteiger partial charge in [-0.2, -0.15) is 0 Å². The van der Waals surface area contributed by atoms with Gasteiger partial charge in [0.2, 0.25) is 0 Å². The molecule has 1 saturated heterocycles. The van der Waals surface area contributed by atoms with E-state index in [9.17, 15) is 0 Å². The largest absolute Gasteiger partial charge is 0.381 e. The van der Waals surface area contributed by atoms with Gasteiger partial charge < -0.3 is 15.4 Å². The second-order valence-electron chi connectivity index (χ2n) is 5.19. The summed E-state index contributed by atoms with van der Waals surface area (Å²) in [6, 6.07) is 0. The first-order valence-electron chi connectivity index (χ1n) is 6.35. The average molecular weight is 225 g/mol. The summed E-state index contributed by atoms with van der Waals surface area (Å²) in [5.41, 5.74) is 6.00. The Labute approximate surface area is 97.6 Å². The second kappa shape index (κ2) is 4.62. The predicted molar refractivity (Wildman–Crippen MR) is 64.4 cm³/mol. The first-order chi connectivity index (χ1) is 7.68. The van der Waals surface area contributed by atoms with Crippen LogP contribution in [0.3, 0.4) is 0 Å². The van der Waals surface area contributed by atoms with Crippen molar-refractivity contribution in [1.29, 1.82) is 5.41 Å². The highest BCUT2D eigenvalue weighted by Gasteiger charge is 2.48. The molecule has 0 bridgehead atoms. The van der Waals surface area contributed by atoms with Gasteiger partial charge >= 0.3 is 0 Å². The zero-order valence-corrected chi connectivity index (χ0v) is 10.2. The van der Waals surface area contributed by atoms with Gasteiger partial charge in [-0.25, -0.2) is 0 Å². The lowest BCUT2D eigenvalue weighted by molar-refractivity contribution is 0.0688. The zero-order chi connectivity index (χ0) is 11.6. The van der Waals surface area contributed by atoms with E-state index in [1.54, 1.807) is 0 Å². The molecule has 4 nitrogen and oxygen atoms in total. The molecule has 0 aromatic heterocycles. The minimum atomic E-state index is 0.227. The SMILES string of the molecule is CCOC[C@H]1CN(C(=N)N)CC12CCCC2. The molecule has 1 atom stereocenters. The van der Waals surface area contributed by atoms with Crippen molar-refractivity contribution in [2.45, 2.75) is 32.6 Å². The fourth-order valence-electron chi connectivity index (χ4n) is 3.35. The standard InChI is InChI=1S/C12H23N3O/c1-2-16-8-10-7-15(11(13)14)9-12(10)5-3-4-6-12/h10H,2-9H2,1H3,(H3,13,14)/t10-/m1/s1. The Morgan fingerprint density at radius 3 is 2.75 bits per heavy atom. The molecule has 1 spiro atoms. The summed E-state index contributed by atoms with van der Waals surface area (Å²) in [7, 11) is 0. The van der Waals surface area contributed by atoms with Gasteiger partial charge in [0.25, 0.3) is 0 Å². The molecule has 3 N–H and O–H groups in total. The molecule has 0 amide bonds. The topological polar surface area (TPSA) is 62.3 Å². The normalized spacial score (nSPS) is 27.8. The van der Waals surface area contributed by atoms with Gasteiger partial charge in [-0.05, 0) is 25.2 Å². The van der Waals surface area contributed by atoms with Crippen molar-refractivity contribution in [2.75, 3.05) is 26.3 Å². The van der Waals surface area contributed by atoms with Crippen LogP contribution in [0.4, 0.5) is 0 Å². The third-order valence-corrected chi connectivity index (χ3v) is 4.28. The van der Waals surface area contributed by atoms with E-state index in [2.05, 4.69) is 0 Å². The summed E-state index contributed by atoms with van der Waals surface area (Å²) in [6.45, 7) is 5.54. The quantitative estimate of drug-likeness (QED) is 0.564. The monoisotopic (exact) mass is 225 g/mol. The van der Waals surface area contributed by atoms with Crippen LogP contribution in [-0.4, -0.2) is 37.2 Å². The first-order valence-corrected chi connectivity index (χ1v) is 6.35. The molecular weight excluding hydrogens is 202 g/mol. The third-order valence-electron chi connectivity index (χ3n) is 4.28. The van der Waals surface area contributed by atoms with Crippen molar-refractivity contribution >= 4 is 5.96 Å². The minimum absolute atomic E-state index is 0.227. The highest BCUT2D eigenvalue weighted by molar-refractivity contribution is 5.75. The van der Waals surface area contributed by atoms with E-state index in [1.807, 2.05) is 11.8 Å². The summed E-state index contributed by atoms with van der Waals surface area (Å²) < 4.78 is 5.59.